The van der Waals surface area contributed by atoms with E-state index in [-0.39, 0.29) is 24.4 Å². The predicted molar refractivity (Wildman–Crippen MR) is 127 cm³/mol. The lowest BCUT2D eigenvalue weighted by Gasteiger charge is -2.25. The van der Waals surface area contributed by atoms with Gasteiger partial charge in [-0.25, -0.2) is 0 Å². The van der Waals surface area contributed by atoms with Gasteiger partial charge >= 0.3 is 6.18 Å². The Hall–Kier alpha value is -3.59. The zero-order valence-electron chi connectivity index (χ0n) is 18.7. The number of nitrogens with zero attached hydrogens (tertiary/aromatic N) is 3. The van der Waals surface area contributed by atoms with Crippen LogP contribution in [0.5, 0.6) is 0 Å². The van der Waals surface area contributed by atoms with Crippen molar-refractivity contribution in [2.24, 2.45) is 0 Å². The highest BCUT2D eigenvalue weighted by Crippen LogP contribution is 2.29. The quantitative estimate of drug-likeness (QED) is 0.560. The molecule has 2 heterocycles. The molecule has 1 aliphatic rings. The number of benzene rings is 2. The molecule has 1 N–H and O–H groups in total. The number of hydrogen-bond acceptors (Lipinski definition) is 3. The second-order valence-electron chi connectivity index (χ2n) is 8.23. The molecule has 0 unspecified atom stereocenters. The van der Waals surface area contributed by atoms with E-state index < -0.39 is 30.4 Å². The number of likely N-dealkylation sites (N-methyl/N-ethyl adjacent to an activating group) is 1. The van der Waals surface area contributed by atoms with Crippen molar-refractivity contribution in [3.05, 3.63) is 88.2 Å². The number of nitrogens with one attached hydrogen (secondary N) is 1. The summed E-state index contributed by atoms with van der Waals surface area (Å²) in [7, 11) is 1.58. The summed E-state index contributed by atoms with van der Waals surface area (Å²) in [4.78, 5) is 27.7. The number of halogens is 4. The number of hydrogen-bond donors (Lipinski definition) is 1. The molecule has 2 bridgehead atoms. The van der Waals surface area contributed by atoms with Gasteiger partial charge in [0, 0.05) is 36.3 Å². The van der Waals surface area contributed by atoms with E-state index in [9.17, 15) is 22.8 Å². The van der Waals surface area contributed by atoms with Crippen LogP contribution in [0.3, 0.4) is 0 Å². The molecule has 2 aromatic carbocycles. The molecule has 0 saturated heterocycles. The summed E-state index contributed by atoms with van der Waals surface area (Å²) < 4.78 is 40.8. The van der Waals surface area contributed by atoms with Gasteiger partial charge in [0.1, 0.15) is 12.6 Å². The molecule has 1 atom stereocenters. The van der Waals surface area contributed by atoms with Crippen molar-refractivity contribution < 1.29 is 22.8 Å². The number of rotatable bonds is 2. The minimum atomic E-state index is -4.64. The minimum absolute atomic E-state index is 0.155. The van der Waals surface area contributed by atoms with Gasteiger partial charge in [-0.2, -0.15) is 18.3 Å². The first kappa shape index (κ1) is 24.5. The highest BCUT2D eigenvalue weighted by molar-refractivity contribution is 6.30. The molecular weight excluding hydrogens is 481 g/mol. The number of allylic oxidation sites excluding steroid dienone is 1. The molecule has 0 spiro atoms. The molecule has 0 radical (unpaired) electrons. The Labute approximate surface area is 205 Å². The second-order valence-corrected chi connectivity index (χ2v) is 8.66. The smallest absolute Gasteiger partial charge is 0.342 e. The lowest BCUT2D eigenvalue weighted by molar-refractivity contribution is -0.141. The van der Waals surface area contributed by atoms with E-state index in [1.165, 1.54) is 4.90 Å². The Kier molecular flexibility index (Phi) is 6.98. The van der Waals surface area contributed by atoms with Gasteiger partial charge in [-0.05, 0) is 41.5 Å². The summed E-state index contributed by atoms with van der Waals surface area (Å²) in [6.45, 7) is -0.453. The Morgan fingerprint density at radius 2 is 1.91 bits per heavy atom. The van der Waals surface area contributed by atoms with Crippen molar-refractivity contribution >= 4 is 35.2 Å². The summed E-state index contributed by atoms with van der Waals surface area (Å²) in [5, 5.41) is 6.81. The van der Waals surface area contributed by atoms with E-state index in [4.69, 9.17) is 11.6 Å². The molecule has 3 aromatic rings. The summed E-state index contributed by atoms with van der Waals surface area (Å²) in [5.41, 5.74) is 1.40. The van der Waals surface area contributed by atoms with Crippen molar-refractivity contribution in [3.8, 4) is 0 Å². The summed E-state index contributed by atoms with van der Waals surface area (Å²) in [6, 6.07) is 14.1. The number of anilines is 1. The van der Waals surface area contributed by atoms with Gasteiger partial charge < -0.3 is 10.2 Å². The Morgan fingerprint density at radius 1 is 1.17 bits per heavy atom. The number of alkyl halides is 3. The highest BCUT2D eigenvalue weighted by Gasteiger charge is 2.35. The molecule has 35 heavy (non-hydrogen) atoms. The van der Waals surface area contributed by atoms with Gasteiger partial charge in [0.25, 0.3) is 0 Å². The molecule has 0 fully saturated rings. The molecule has 1 aromatic heterocycles. The molecule has 0 aliphatic carbocycles. The van der Waals surface area contributed by atoms with Crippen molar-refractivity contribution in [2.75, 3.05) is 11.9 Å². The van der Waals surface area contributed by atoms with Crippen LogP contribution in [0.2, 0.25) is 5.02 Å². The van der Waals surface area contributed by atoms with E-state index in [0.717, 1.165) is 21.9 Å². The Bertz CT molecular complexity index is 1270. The third kappa shape index (κ3) is 5.92. The van der Waals surface area contributed by atoms with Crippen molar-refractivity contribution in [3.63, 3.8) is 0 Å². The van der Waals surface area contributed by atoms with Crippen LogP contribution in [0.25, 0.3) is 6.08 Å². The monoisotopic (exact) mass is 502 g/mol. The summed E-state index contributed by atoms with van der Waals surface area (Å²) in [6.07, 6.45) is -0.774. The zero-order valence-corrected chi connectivity index (χ0v) is 19.5. The molecule has 2 amide bonds. The summed E-state index contributed by atoms with van der Waals surface area (Å²) in [5.74, 6) is -1.00. The molecule has 6 nitrogen and oxygen atoms in total. The van der Waals surface area contributed by atoms with Crippen LogP contribution in [0.4, 0.5) is 18.9 Å². The fraction of sp³-hybridized carbons (Fsp3) is 0.240. The van der Waals surface area contributed by atoms with Crippen LogP contribution in [0, 0.1) is 0 Å². The maximum Gasteiger partial charge on any atom is 0.435 e. The SMILES string of the molecule is CN(C(=O)[C@@H]1Cc2cccc(c2)C=CCc2cc(C(F)(F)F)nn2CC(=O)N1)c1ccc(Cl)cc1. The minimum Gasteiger partial charge on any atom is -0.342 e. The van der Waals surface area contributed by atoms with E-state index in [0.29, 0.717) is 10.7 Å². The Morgan fingerprint density at radius 3 is 2.63 bits per heavy atom. The Balaban J connectivity index is 1.68. The fourth-order valence-corrected chi connectivity index (χ4v) is 4.00. The second kappa shape index (κ2) is 9.95. The summed E-state index contributed by atoms with van der Waals surface area (Å²) >= 11 is 5.94. The topological polar surface area (TPSA) is 67.2 Å². The molecule has 10 heteroatoms. The van der Waals surface area contributed by atoms with E-state index in [1.54, 1.807) is 43.5 Å². The molecule has 4 rings (SSSR count). The van der Waals surface area contributed by atoms with Crippen LogP contribution in [0.15, 0.2) is 60.7 Å². The number of fused-ring (bicyclic) bond motifs is 3. The maximum atomic E-state index is 13.4. The standard InChI is InChI=1S/C25H22ClF3N4O2/c1-32(19-10-8-18(26)9-11-19)24(35)21-13-17-6-2-4-16(12-17)5-3-7-20-14-22(25(27,28)29)31-33(20)15-23(34)30-21/h2-6,8-12,14,21H,7,13,15H2,1H3,(H,30,34)/t21-/m0/s1. The van der Waals surface area contributed by atoms with Gasteiger partial charge in [-0.15, -0.1) is 0 Å². The highest BCUT2D eigenvalue weighted by atomic mass is 35.5. The third-order valence-electron chi connectivity index (χ3n) is 5.65. The normalized spacial score (nSPS) is 16.4. The molecular formula is C25H22ClF3N4O2. The van der Waals surface area contributed by atoms with Crippen LogP contribution in [-0.4, -0.2) is 34.7 Å². The number of carbonyl (C=O) groups excluding carboxylic acids is 2. The van der Waals surface area contributed by atoms with Gasteiger partial charge in [0.15, 0.2) is 5.69 Å². The molecule has 182 valence electrons. The van der Waals surface area contributed by atoms with Crippen LogP contribution < -0.4 is 10.2 Å². The lowest BCUT2D eigenvalue weighted by Crippen LogP contribution is -2.49. The lowest BCUT2D eigenvalue weighted by atomic mass is 10.0. The third-order valence-corrected chi connectivity index (χ3v) is 5.91. The van der Waals surface area contributed by atoms with Crippen LogP contribution >= 0.6 is 11.6 Å². The number of carbonyl (C=O) groups is 2. The average molecular weight is 503 g/mol. The number of aromatic nitrogens is 2. The van der Waals surface area contributed by atoms with Crippen LogP contribution in [-0.2, 0) is 35.2 Å². The van der Waals surface area contributed by atoms with Gasteiger partial charge in [0.05, 0.1) is 0 Å². The van der Waals surface area contributed by atoms with Crippen molar-refractivity contribution in [1.29, 1.82) is 0 Å². The number of amides is 2. The van der Waals surface area contributed by atoms with Crippen molar-refractivity contribution in [1.82, 2.24) is 15.1 Å². The fourth-order valence-electron chi connectivity index (χ4n) is 3.87. The zero-order chi connectivity index (χ0) is 25.2. The largest absolute Gasteiger partial charge is 0.435 e. The first-order valence-electron chi connectivity index (χ1n) is 10.8. The van der Waals surface area contributed by atoms with Gasteiger partial charge in [0.2, 0.25) is 11.8 Å². The van der Waals surface area contributed by atoms with Gasteiger partial charge in [-0.1, -0.05) is 48.0 Å². The first-order chi connectivity index (χ1) is 16.6. The predicted octanol–water partition coefficient (Wildman–Crippen LogP) is 4.52. The molecule has 1 aliphatic heterocycles. The molecule has 0 saturated carbocycles. The van der Waals surface area contributed by atoms with Gasteiger partial charge in [-0.3, -0.25) is 14.3 Å². The van der Waals surface area contributed by atoms with Crippen molar-refractivity contribution in [2.45, 2.75) is 31.6 Å². The average Bonchev–Trinajstić information content (AvgIpc) is 3.21. The maximum absolute atomic E-state index is 13.4. The first-order valence-corrected chi connectivity index (χ1v) is 11.2. The van der Waals surface area contributed by atoms with E-state index in [1.807, 2.05) is 24.3 Å². The van der Waals surface area contributed by atoms with E-state index in [2.05, 4.69) is 10.4 Å². The van der Waals surface area contributed by atoms with Crippen LogP contribution in [0.1, 0.15) is 22.5 Å². The van der Waals surface area contributed by atoms with E-state index >= 15 is 0 Å².